The van der Waals surface area contributed by atoms with E-state index in [1.165, 1.54) is 0 Å². The summed E-state index contributed by atoms with van der Waals surface area (Å²) in [6, 6.07) is 0. The largest absolute Gasteiger partial charge is 0.372 e. The monoisotopic (exact) mass is 266 g/mol. The van der Waals surface area contributed by atoms with Gasteiger partial charge >= 0.3 is 0 Å². The molecular formula is C13H22N4O2. The van der Waals surface area contributed by atoms with E-state index in [0.717, 1.165) is 44.0 Å². The maximum atomic E-state index is 6.01. The second-order valence-corrected chi connectivity index (χ2v) is 5.60. The van der Waals surface area contributed by atoms with Crippen molar-refractivity contribution in [1.82, 2.24) is 20.1 Å². The SMILES string of the molecule is Cc1nnc(COC2COC3(CCNCC3)C2)n1C. The third kappa shape index (κ3) is 2.66. The summed E-state index contributed by atoms with van der Waals surface area (Å²) in [5.74, 6) is 1.79. The van der Waals surface area contributed by atoms with E-state index in [2.05, 4.69) is 15.5 Å². The summed E-state index contributed by atoms with van der Waals surface area (Å²) in [5, 5.41) is 11.5. The standard InChI is InChI=1S/C13H22N4O2/c1-10-15-16-12(17(10)2)9-18-11-7-13(19-8-11)3-5-14-6-4-13/h11,14H,3-9H2,1-2H3. The first kappa shape index (κ1) is 13.0. The lowest BCUT2D eigenvalue weighted by atomic mass is 9.89. The molecule has 0 aliphatic carbocycles. The molecule has 6 nitrogen and oxygen atoms in total. The molecule has 2 fully saturated rings. The van der Waals surface area contributed by atoms with Gasteiger partial charge in [0.1, 0.15) is 12.4 Å². The maximum absolute atomic E-state index is 6.01. The van der Waals surface area contributed by atoms with Crippen LogP contribution in [0.15, 0.2) is 0 Å². The first-order chi connectivity index (χ1) is 9.19. The summed E-state index contributed by atoms with van der Waals surface area (Å²) in [6.45, 7) is 5.26. The van der Waals surface area contributed by atoms with E-state index in [-0.39, 0.29) is 11.7 Å². The maximum Gasteiger partial charge on any atom is 0.158 e. The Hall–Kier alpha value is -0.980. The van der Waals surface area contributed by atoms with Gasteiger partial charge in [-0.2, -0.15) is 0 Å². The quantitative estimate of drug-likeness (QED) is 0.866. The van der Waals surface area contributed by atoms with Crippen molar-refractivity contribution >= 4 is 0 Å². The number of nitrogens with zero attached hydrogens (tertiary/aromatic N) is 3. The average molecular weight is 266 g/mol. The van der Waals surface area contributed by atoms with Gasteiger partial charge in [0.25, 0.3) is 0 Å². The van der Waals surface area contributed by atoms with Crippen molar-refractivity contribution in [3.05, 3.63) is 11.6 Å². The van der Waals surface area contributed by atoms with Crippen LogP contribution in [-0.4, -0.2) is 46.2 Å². The van der Waals surface area contributed by atoms with Gasteiger partial charge in [-0.3, -0.25) is 0 Å². The number of aryl methyl sites for hydroxylation is 1. The highest BCUT2D eigenvalue weighted by Gasteiger charge is 2.41. The second kappa shape index (κ2) is 5.19. The summed E-state index contributed by atoms with van der Waals surface area (Å²) in [7, 11) is 1.97. The molecule has 2 aliphatic heterocycles. The Kier molecular flexibility index (Phi) is 3.56. The first-order valence-electron chi connectivity index (χ1n) is 7.00. The van der Waals surface area contributed by atoms with Crippen LogP contribution in [0.4, 0.5) is 0 Å². The molecule has 1 aromatic heterocycles. The van der Waals surface area contributed by atoms with Crippen molar-refractivity contribution < 1.29 is 9.47 Å². The first-order valence-corrected chi connectivity index (χ1v) is 7.00. The van der Waals surface area contributed by atoms with E-state index in [9.17, 15) is 0 Å². The molecule has 19 heavy (non-hydrogen) atoms. The van der Waals surface area contributed by atoms with Crippen molar-refractivity contribution in [2.24, 2.45) is 7.05 Å². The molecule has 106 valence electrons. The minimum atomic E-state index is 0.0612. The fraction of sp³-hybridized carbons (Fsp3) is 0.846. The normalized spacial score (nSPS) is 26.1. The fourth-order valence-corrected chi connectivity index (χ4v) is 2.91. The minimum Gasteiger partial charge on any atom is -0.372 e. The van der Waals surface area contributed by atoms with Gasteiger partial charge in [-0.1, -0.05) is 0 Å². The van der Waals surface area contributed by atoms with Crippen molar-refractivity contribution in [2.75, 3.05) is 19.7 Å². The molecule has 2 aliphatic rings. The molecule has 1 atom stereocenters. The van der Waals surface area contributed by atoms with Gasteiger partial charge in [-0.15, -0.1) is 10.2 Å². The van der Waals surface area contributed by atoms with E-state index < -0.39 is 0 Å². The lowest BCUT2D eigenvalue weighted by Gasteiger charge is -2.32. The highest BCUT2D eigenvalue weighted by Crippen LogP contribution is 2.35. The van der Waals surface area contributed by atoms with Crippen molar-refractivity contribution in [2.45, 2.75) is 44.5 Å². The molecule has 0 bridgehead atoms. The molecule has 1 spiro atoms. The highest BCUT2D eigenvalue weighted by atomic mass is 16.6. The lowest BCUT2D eigenvalue weighted by Crippen LogP contribution is -2.41. The number of ether oxygens (including phenoxy) is 2. The van der Waals surface area contributed by atoms with Crippen LogP contribution < -0.4 is 5.32 Å². The molecule has 1 aromatic rings. The van der Waals surface area contributed by atoms with Gasteiger partial charge < -0.3 is 19.4 Å². The van der Waals surface area contributed by atoms with E-state index >= 15 is 0 Å². The van der Waals surface area contributed by atoms with E-state index in [1.807, 2.05) is 18.5 Å². The zero-order valence-electron chi connectivity index (χ0n) is 11.7. The Labute approximate surface area is 113 Å². The zero-order valence-corrected chi connectivity index (χ0v) is 11.7. The van der Waals surface area contributed by atoms with Crippen LogP contribution in [0, 0.1) is 6.92 Å². The van der Waals surface area contributed by atoms with Gasteiger partial charge in [-0.05, 0) is 32.9 Å². The minimum absolute atomic E-state index is 0.0612. The zero-order chi connectivity index (χ0) is 13.3. The summed E-state index contributed by atoms with van der Waals surface area (Å²) >= 11 is 0. The Bertz CT molecular complexity index is 440. The Balaban J connectivity index is 1.53. The number of aromatic nitrogens is 3. The molecule has 0 aromatic carbocycles. The van der Waals surface area contributed by atoms with E-state index in [0.29, 0.717) is 13.2 Å². The van der Waals surface area contributed by atoms with Gasteiger partial charge in [0, 0.05) is 13.5 Å². The molecular weight excluding hydrogens is 244 g/mol. The second-order valence-electron chi connectivity index (χ2n) is 5.60. The van der Waals surface area contributed by atoms with Crippen LogP contribution in [0.25, 0.3) is 0 Å². The molecule has 0 radical (unpaired) electrons. The van der Waals surface area contributed by atoms with Crippen LogP contribution in [0.5, 0.6) is 0 Å². The molecule has 1 unspecified atom stereocenters. The molecule has 2 saturated heterocycles. The van der Waals surface area contributed by atoms with Gasteiger partial charge in [0.05, 0.1) is 18.3 Å². The van der Waals surface area contributed by atoms with Gasteiger partial charge in [0.2, 0.25) is 0 Å². The predicted octanol–water partition coefficient (Wildman–Crippen LogP) is 0.551. The van der Waals surface area contributed by atoms with E-state index in [4.69, 9.17) is 9.47 Å². The Morgan fingerprint density at radius 2 is 2.21 bits per heavy atom. The Morgan fingerprint density at radius 3 is 2.89 bits per heavy atom. The predicted molar refractivity (Wildman–Crippen MR) is 69.7 cm³/mol. The molecule has 3 rings (SSSR count). The molecule has 1 N–H and O–H groups in total. The van der Waals surface area contributed by atoms with E-state index in [1.54, 1.807) is 0 Å². The number of rotatable bonds is 3. The molecule has 0 saturated carbocycles. The van der Waals surface area contributed by atoms with Crippen LogP contribution >= 0.6 is 0 Å². The summed E-state index contributed by atoms with van der Waals surface area (Å²) < 4.78 is 13.9. The number of hydrogen-bond acceptors (Lipinski definition) is 5. The van der Waals surface area contributed by atoms with Gasteiger partial charge in [-0.25, -0.2) is 0 Å². The number of nitrogens with one attached hydrogen (secondary N) is 1. The molecule has 6 heteroatoms. The fourth-order valence-electron chi connectivity index (χ4n) is 2.91. The topological polar surface area (TPSA) is 61.2 Å². The summed E-state index contributed by atoms with van der Waals surface area (Å²) in [6.07, 6.45) is 3.38. The third-order valence-corrected chi connectivity index (χ3v) is 4.32. The average Bonchev–Trinajstić information content (AvgIpc) is 2.95. The number of hydrogen-bond donors (Lipinski definition) is 1. The van der Waals surface area contributed by atoms with Crippen LogP contribution in [0.2, 0.25) is 0 Å². The van der Waals surface area contributed by atoms with Crippen molar-refractivity contribution in [3.63, 3.8) is 0 Å². The van der Waals surface area contributed by atoms with Crippen LogP contribution in [0.1, 0.15) is 30.9 Å². The Morgan fingerprint density at radius 1 is 1.42 bits per heavy atom. The molecule has 3 heterocycles. The lowest BCUT2D eigenvalue weighted by molar-refractivity contribution is -0.0244. The van der Waals surface area contributed by atoms with Crippen molar-refractivity contribution in [3.8, 4) is 0 Å². The third-order valence-electron chi connectivity index (χ3n) is 4.32. The van der Waals surface area contributed by atoms with Gasteiger partial charge in [0.15, 0.2) is 5.82 Å². The summed E-state index contributed by atoms with van der Waals surface area (Å²) in [5.41, 5.74) is 0.0612. The smallest absolute Gasteiger partial charge is 0.158 e. The van der Waals surface area contributed by atoms with Crippen molar-refractivity contribution in [1.29, 1.82) is 0 Å². The highest BCUT2D eigenvalue weighted by molar-refractivity contribution is 4.94. The van der Waals surface area contributed by atoms with Crippen LogP contribution in [0.3, 0.4) is 0 Å². The summed E-state index contributed by atoms with van der Waals surface area (Å²) in [4.78, 5) is 0. The van der Waals surface area contributed by atoms with Crippen LogP contribution in [-0.2, 0) is 23.1 Å². The molecule has 0 amide bonds. The number of piperidine rings is 1.